The highest BCUT2D eigenvalue weighted by atomic mass is 32.2. The minimum atomic E-state index is -4.55. The first kappa shape index (κ1) is 15.3. The Balaban J connectivity index is 2.34. The zero-order chi connectivity index (χ0) is 15.0. The molecule has 1 aromatic rings. The molecule has 0 bridgehead atoms. The Labute approximate surface area is 115 Å². The number of alkyl halides is 3. The summed E-state index contributed by atoms with van der Waals surface area (Å²) in [5, 5.41) is 3.09. The van der Waals surface area contributed by atoms with Crippen LogP contribution in [0.3, 0.4) is 0 Å². The van der Waals surface area contributed by atoms with Crippen LogP contribution >= 0.6 is 0 Å². The second-order valence-corrected chi connectivity index (χ2v) is 6.68. The van der Waals surface area contributed by atoms with Gasteiger partial charge in [0.25, 0.3) is 0 Å². The average molecular weight is 308 g/mol. The molecule has 0 aromatic heterocycles. The number of benzene rings is 1. The minimum Gasteiger partial charge on any atom is -0.312 e. The number of sulfonamides is 1. The second-order valence-electron chi connectivity index (χ2n) is 4.74. The minimum absolute atomic E-state index is 0.0238. The first-order valence-electron chi connectivity index (χ1n) is 6.12. The van der Waals surface area contributed by atoms with Crippen molar-refractivity contribution in [3.8, 4) is 0 Å². The van der Waals surface area contributed by atoms with E-state index in [-0.39, 0.29) is 24.0 Å². The van der Waals surface area contributed by atoms with Crippen molar-refractivity contribution in [1.29, 1.82) is 0 Å². The standard InChI is InChI=1S/C12H15F3N2O2S/c1-9-8-17(6-5-16-9)20(18,19)11-4-2-3-10(7-11)12(13,14)15/h2-4,7,9,16H,5-6,8H2,1H3/t9-/m1/s1. The SMILES string of the molecule is C[C@@H]1CN(S(=O)(=O)c2cccc(C(F)(F)F)c2)CCN1. The maximum absolute atomic E-state index is 12.6. The number of hydrogen-bond donors (Lipinski definition) is 1. The van der Waals surface area contributed by atoms with Crippen LogP contribution in [0, 0.1) is 0 Å². The number of halogens is 3. The molecule has 1 N–H and O–H groups in total. The highest BCUT2D eigenvalue weighted by Gasteiger charge is 2.33. The van der Waals surface area contributed by atoms with Crippen LogP contribution in [0.4, 0.5) is 13.2 Å². The summed E-state index contributed by atoms with van der Waals surface area (Å²) in [6.07, 6.45) is -4.55. The molecule has 20 heavy (non-hydrogen) atoms. The van der Waals surface area contributed by atoms with Crippen LogP contribution in [0.1, 0.15) is 12.5 Å². The summed E-state index contributed by atoms with van der Waals surface area (Å²) in [6.45, 7) is 2.81. The van der Waals surface area contributed by atoms with Crippen LogP contribution in [0.25, 0.3) is 0 Å². The molecule has 1 fully saturated rings. The molecule has 1 heterocycles. The molecule has 1 atom stereocenters. The fourth-order valence-corrected chi connectivity index (χ4v) is 3.67. The van der Waals surface area contributed by atoms with E-state index in [1.807, 2.05) is 6.92 Å². The third-order valence-electron chi connectivity index (χ3n) is 3.13. The summed E-state index contributed by atoms with van der Waals surface area (Å²) < 4.78 is 63.8. The van der Waals surface area contributed by atoms with Gasteiger partial charge in [0.1, 0.15) is 0 Å². The van der Waals surface area contributed by atoms with Gasteiger partial charge in [0, 0.05) is 25.7 Å². The van der Waals surface area contributed by atoms with E-state index in [2.05, 4.69) is 5.32 Å². The molecule has 0 radical (unpaired) electrons. The van der Waals surface area contributed by atoms with Crippen LogP contribution < -0.4 is 5.32 Å². The first-order valence-corrected chi connectivity index (χ1v) is 7.56. The van der Waals surface area contributed by atoms with E-state index in [1.165, 1.54) is 10.4 Å². The van der Waals surface area contributed by atoms with Gasteiger partial charge in [0.15, 0.2) is 0 Å². The van der Waals surface area contributed by atoms with Crippen LogP contribution in [0.5, 0.6) is 0 Å². The van der Waals surface area contributed by atoms with Crippen molar-refractivity contribution in [3.63, 3.8) is 0 Å². The fourth-order valence-electron chi connectivity index (χ4n) is 2.10. The van der Waals surface area contributed by atoms with Gasteiger partial charge in [-0.2, -0.15) is 17.5 Å². The lowest BCUT2D eigenvalue weighted by Crippen LogP contribution is -2.51. The predicted molar refractivity (Wildman–Crippen MR) is 67.7 cm³/mol. The van der Waals surface area contributed by atoms with E-state index in [0.29, 0.717) is 12.6 Å². The highest BCUT2D eigenvalue weighted by Crippen LogP contribution is 2.31. The molecular formula is C12H15F3N2O2S. The maximum Gasteiger partial charge on any atom is 0.416 e. The zero-order valence-corrected chi connectivity index (χ0v) is 11.6. The van der Waals surface area contributed by atoms with Crippen LogP contribution in [0.2, 0.25) is 0 Å². The largest absolute Gasteiger partial charge is 0.416 e. The second kappa shape index (κ2) is 5.34. The first-order chi connectivity index (χ1) is 9.21. The topological polar surface area (TPSA) is 49.4 Å². The fraction of sp³-hybridized carbons (Fsp3) is 0.500. The Morgan fingerprint density at radius 1 is 1.35 bits per heavy atom. The third-order valence-corrected chi connectivity index (χ3v) is 4.99. The van der Waals surface area contributed by atoms with Crippen LogP contribution in [0.15, 0.2) is 29.2 Å². The van der Waals surface area contributed by atoms with E-state index in [4.69, 9.17) is 0 Å². The van der Waals surface area contributed by atoms with Crippen molar-refractivity contribution in [2.75, 3.05) is 19.6 Å². The van der Waals surface area contributed by atoms with Crippen molar-refractivity contribution in [2.24, 2.45) is 0 Å². The molecule has 2 rings (SSSR count). The van der Waals surface area contributed by atoms with Crippen molar-refractivity contribution in [3.05, 3.63) is 29.8 Å². The van der Waals surface area contributed by atoms with Crippen molar-refractivity contribution < 1.29 is 21.6 Å². The Bertz CT molecular complexity index is 587. The summed E-state index contributed by atoms with van der Waals surface area (Å²) in [7, 11) is -3.88. The molecule has 0 spiro atoms. The number of hydrogen-bond acceptors (Lipinski definition) is 3. The quantitative estimate of drug-likeness (QED) is 0.904. The van der Waals surface area contributed by atoms with Gasteiger partial charge in [0.2, 0.25) is 10.0 Å². The molecule has 8 heteroatoms. The summed E-state index contributed by atoms with van der Waals surface area (Å²) in [4.78, 5) is -0.318. The van der Waals surface area contributed by atoms with Crippen LogP contribution in [-0.4, -0.2) is 38.4 Å². The van der Waals surface area contributed by atoms with Gasteiger partial charge >= 0.3 is 6.18 Å². The number of rotatable bonds is 2. The van der Waals surface area contributed by atoms with E-state index in [1.54, 1.807) is 0 Å². The van der Waals surface area contributed by atoms with Gasteiger partial charge in [-0.3, -0.25) is 0 Å². The van der Waals surface area contributed by atoms with Crippen molar-refractivity contribution >= 4 is 10.0 Å². The highest BCUT2D eigenvalue weighted by molar-refractivity contribution is 7.89. The molecule has 0 amide bonds. The monoisotopic (exact) mass is 308 g/mol. The van der Waals surface area contributed by atoms with Gasteiger partial charge in [-0.25, -0.2) is 8.42 Å². The number of nitrogens with zero attached hydrogens (tertiary/aromatic N) is 1. The Morgan fingerprint density at radius 3 is 2.65 bits per heavy atom. The number of nitrogens with one attached hydrogen (secondary N) is 1. The summed E-state index contributed by atoms with van der Waals surface area (Å²) in [5.41, 5.74) is -0.957. The molecule has 0 saturated carbocycles. The Hall–Kier alpha value is -1.12. The summed E-state index contributed by atoms with van der Waals surface area (Å²) >= 11 is 0. The Morgan fingerprint density at radius 2 is 2.05 bits per heavy atom. The molecule has 0 unspecified atom stereocenters. The zero-order valence-electron chi connectivity index (χ0n) is 10.8. The van der Waals surface area contributed by atoms with E-state index < -0.39 is 21.8 Å². The van der Waals surface area contributed by atoms with Gasteiger partial charge in [-0.1, -0.05) is 6.07 Å². The lowest BCUT2D eigenvalue weighted by Gasteiger charge is -2.31. The number of piperazine rings is 1. The molecule has 0 aliphatic carbocycles. The van der Waals surface area contributed by atoms with Crippen LogP contribution in [-0.2, 0) is 16.2 Å². The Kier molecular flexibility index (Phi) is 4.08. The molecule has 1 aromatic carbocycles. The van der Waals surface area contributed by atoms with Crippen molar-refractivity contribution in [1.82, 2.24) is 9.62 Å². The van der Waals surface area contributed by atoms with E-state index in [9.17, 15) is 21.6 Å². The van der Waals surface area contributed by atoms with Gasteiger partial charge < -0.3 is 5.32 Å². The lowest BCUT2D eigenvalue weighted by molar-refractivity contribution is -0.137. The average Bonchev–Trinajstić information content (AvgIpc) is 2.38. The van der Waals surface area contributed by atoms with Gasteiger partial charge in [0.05, 0.1) is 10.5 Å². The lowest BCUT2D eigenvalue weighted by atomic mass is 10.2. The van der Waals surface area contributed by atoms with Crippen molar-refractivity contribution in [2.45, 2.75) is 24.0 Å². The molecule has 4 nitrogen and oxygen atoms in total. The molecule has 1 aliphatic rings. The van der Waals surface area contributed by atoms with E-state index in [0.717, 1.165) is 12.1 Å². The molecule has 112 valence electrons. The smallest absolute Gasteiger partial charge is 0.312 e. The summed E-state index contributed by atoms with van der Waals surface area (Å²) in [6, 6.07) is 3.82. The molecule has 1 aliphatic heterocycles. The molecule has 1 saturated heterocycles. The van der Waals surface area contributed by atoms with Gasteiger partial charge in [-0.15, -0.1) is 0 Å². The predicted octanol–water partition coefficient (Wildman–Crippen LogP) is 1.69. The maximum atomic E-state index is 12.6. The molecular weight excluding hydrogens is 293 g/mol. The third kappa shape index (κ3) is 3.13. The summed E-state index contributed by atoms with van der Waals surface area (Å²) in [5.74, 6) is 0. The van der Waals surface area contributed by atoms with Gasteiger partial charge in [-0.05, 0) is 25.1 Å². The van der Waals surface area contributed by atoms with E-state index >= 15 is 0 Å². The normalized spacial score (nSPS) is 21.9.